The Kier molecular flexibility index (Phi) is 7.93. The standard InChI is InChI=1S/C16H15Cl2N3O4S3.CO2/c1-10-5-6-15(21(10)2)27(22,23)19-13-8-11(17)12(18)9-14(13)20-28(24,25)16-4-3-7-26-16;2-1-3/h3-9,19-20H,1-2H3;. The zero-order valence-electron chi connectivity index (χ0n) is 15.9. The van der Waals surface area contributed by atoms with E-state index in [1.807, 2.05) is 0 Å². The molecule has 14 heteroatoms. The number of benzene rings is 1. The number of aryl methyl sites for hydroxylation is 1. The zero-order chi connectivity index (χ0) is 23.4. The van der Waals surface area contributed by atoms with E-state index in [-0.39, 0.29) is 36.8 Å². The Morgan fingerprint density at radius 1 is 0.935 bits per heavy atom. The van der Waals surface area contributed by atoms with Gasteiger partial charge in [-0.15, -0.1) is 11.3 Å². The highest BCUT2D eigenvalue weighted by Crippen LogP contribution is 2.35. The predicted molar refractivity (Wildman–Crippen MR) is 118 cm³/mol. The van der Waals surface area contributed by atoms with Gasteiger partial charge in [0.15, 0.2) is 5.03 Å². The Labute approximate surface area is 192 Å². The molecule has 31 heavy (non-hydrogen) atoms. The Bertz CT molecular complexity index is 1330. The fourth-order valence-corrected chi connectivity index (χ4v) is 6.09. The summed E-state index contributed by atoms with van der Waals surface area (Å²) in [5, 5.41) is 1.78. The summed E-state index contributed by atoms with van der Waals surface area (Å²) in [6.45, 7) is 1.76. The van der Waals surface area contributed by atoms with E-state index >= 15 is 0 Å². The number of halogens is 2. The van der Waals surface area contributed by atoms with Crippen molar-refractivity contribution in [3.8, 4) is 0 Å². The molecule has 0 saturated heterocycles. The molecule has 0 aliphatic rings. The summed E-state index contributed by atoms with van der Waals surface area (Å²) in [5.41, 5.74) is 0.652. The lowest BCUT2D eigenvalue weighted by atomic mass is 10.3. The van der Waals surface area contributed by atoms with Crippen molar-refractivity contribution >= 4 is 72.1 Å². The maximum Gasteiger partial charge on any atom is 0.373 e. The largest absolute Gasteiger partial charge is 0.373 e. The quantitative estimate of drug-likeness (QED) is 0.505. The van der Waals surface area contributed by atoms with E-state index in [4.69, 9.17) is 32.8 Å². The average Bonchev–Trinajstić information content (AvgIpc) is 3.31. The molecule has 2 N–H and O–H groups in total. The summed E-state index contributed by atoms with van der Waals surface area (Å²) in [5.74, 6) is 0. The van der Waals surface area contributed by atoms with Crippen LogP contribution in [0.1, 0.15) is 5.69 Å². The highest BCUT2D eigenvalue weighted by atomic mass is 35.5. The van der Waals surface area contributed by atoms with Crippen molar-refractivity contribution < 1.29 is 26.4 Å². The summed E-state index contributed by atoms with van der Waals surface area (Å²) >= 11 is 13.1. The van der Waals surface area contributed by atoms with Crippen LogP contribution in [-0.4, -0.2) is 27.6 Å². The Balaban J connectivity index is 0.00000107. The molecule has 1 aromatic carbocycles. The van der Waals surface area contributed by atoms with Crippen LogP contribution in [0.5, 0.6) is 0 Å². The molecule has 0 amide bonds. The second-order valence-electron chi connectivity index (χ2n) is 5.91. The van der Waals surface area contributed by atoms with Crippen molar-refractivity contribution in [2.75, 3.05) is 9.44 Å². The molecule has 9 nitrogen and oxygen atoms in total. The molecule has 0 radical (unpaired) electrons. The van der Waals surface area contributed by atoms with Crippen LogP contribution in [0.3, 0.4) is 0 Å². The number of aromatic nitrogens is 1. The molecule has 0 aliphatic carbocycles. The highest BCUT2D eigenvalue weighted by Gasteiger charge is 2.23. The van der Waals surface area contributed by atoms with Crippen molar-refractivity contribution in [2.45, 2.75) is 16.2 Å². The molecular formula is C17H15Cl2N3O6S3. The number of hydrogen-bond acceptors (Lipinski definition) is 7. The number of anilines is 2. The molecule has 0 spiro atoms. The van der Waals surface area contributed by atoms with Crippen molar-refractivity contribution in [1.29, 1.82) is 0 Å². The summed E-state index contributed by atoms with van der Waals surface area (Å²) in [6.07, 6.45) is 0.250. The summed E-state index contributed by atoms with van der Waals surface area (Å²) in [7, 11) is -6.31. The van der Waals surface area contributed by atoms with Crippen LogP contribution in [-0.2, 0) is 36.7 Å². The van der Waals surface area contributed by atoms with Crippen LogP contribution < -0.4 is 9.44 Å². The number of rotatable bonds is 6. The summed E-state index contributed by atoms with van der Waals surface area (Å²) in [4.78, 5) is 16.2. The Morgan fingerprint density at radius 2 is 1.45 bits per heavy atom. The van der Waals surface area contributed by atoms with E-state index in [0.717, 1.165) is 17.0 Å². The smallest absolute Gasteiger partial charge is 0.338 e. The van der Waals surface area contributed by atoms with E-state index in [9.17, 15) is 16.8 Å². The van der Waals surface area contributed by atoms with E-state index < -0.39 is 20.0 Å². The number of thiophene rings is 1. The molecule has 3 aromatic rings. The average molecular weight is 524 g/mol. The fraction of sp³-hybridized carbons (Fsp3) is 0.118. The maximum atomic E-state index is 12.8. The lowest BCUT2D eigenvalue weighted by molar-refractivity contribution is -0.191. The normalized spacial score (nSPS) is 11.2. The molecule has 0 unspecified atom stereocenters. The number of nitrogens with zero attached hydrogens (tertiary/aromatic N) is 1. The van der Waals surface area contributed by atoms with Gasteiger partial charge in [0.2, 0.25) is 0 Å². The van der Waals surface area contributed by atoms with E-state index in [1.54, 1.807) is 31.5 Å². The third-order valence-corrected chi connectivity index (χ3v) is 8.85. The first-order valence-corrected chi connectivity index (χ1v) is 12.7. The molecule has 0 aliphatic heterocycles. The van der Waals surface area contributed by atoms with Gasteiger partial charge < -0.3 is 4.57 Å². The van der Waals surface area contributed by atoms with Crippen molar-refractivity contribution in [1.82, 2.24) is 4.57 Å². The molecule has 3 rings (SSSR count). The molecule has 2 aromatic heterocycles. The SMILES string of the molecule is Cc1ccc(S(=O)(=O)Nc2cc(Cl)c(Cl)cc2NS(=O)(=O)c2cccs2)n1C.O=C=O. The van der Waals surface area contributed by atoms with Gasteiger partial charge in [-0.1, -0.05) is 29.3 Å². The second-order valence-corrected chi connectivity index (χ2v) is 11.2. The molecule has 0 atom stereocenters. The van der Waals surface area contributed by atoms with E-state index in [1.165, 1.54) is 28.8 Å². The number of hydrogen-bond donors (Lipinski definition) is 2. The molecule has 0 fully saturated rings. The number of sulfonamides is 2. The van der Waals surface area contributed by atoms with E-state index in [2.05, 4.69) is 9.44 Å². The van der Waals surface area contributed by atoms with Gasteiger partial charge in [-0.3, -0.25) is 9.44 Å². The summed E-state index contributed by atoms with van der Waals surface area (Å²) in [6, 6.07) is 8.64. The lowest BCUT2D eigenvalue weighted by Crippen LogP contribution is -2.19. The third kappa shape index (κ3) is 5.88. The fourth-order valence-electron chi connectivity index (χ4n) is 2.38. The van der Waals surface area contributed by atoms with Crippen LogP contribution in [0.4, 0.5) is 11.4 Å². The Hall–Kier alpha value is -2.34. The molecular weight excluding hydrogens is 509 g/mol. The predicted octanol–water partition coefficient (Wildman–Crippen LogP) is 3.72. The van der Waals surface area contributed by atoms with Gasteiger partial charge in [-0.05, 0) is 42.6 Å². The van der Waals surface area contributed by atoms with Gasteiger partial charge in [0.05, 0.1) is 21.4 Å². The Morgan fingerprint density at radius 3 is 1.87 bits per heavy atom. The second kappa shape index (κ2) is 9.86. The molecule has 166 valence electrons. The van der Waals surface area contributed by atoms with E-state index in [0.29, 0.717) is 0 Å². The van der Waals surface area contributed by atoms with Gasteiger partial charge in [-0.2, -0.15) is 18.0 Å². The van der Waals surface area contributed by atoms with Crippen LogP contribution in [0, 0.1) is 6.92 Å². The van der Waals surface area contributed by atoms with Crippen molar-refractivity contribution in [3.05, 3.63) is 57.5 Å². The maximum absolute atomic E-state index is 12.8. The lowest BCUT2D eigenvalue weighted by Gasteiger charge is -2.16. The minimum atomic E-state index is -4.01. The van der Waals surface area contributed by atoms with Gasteiger partial charge in [-0.25, -0.2) is 8.42 Å². The summed E-state index contributed by atoms with van der Waals surface area (Å²) < 4.78 is 57.0. The first kappa shape index (κ1) is 24.9. The van der Waals surface area contributed by atoms with Crippen LogP contribution >= 0.6 is 34.5 Å². The minimum Gasteiger partial charge on any atom is -0.338 e. The number of carbonyl (C=O) groups excluding carboxylic acids is 2. The van der Waals surface area contributed by atoms with Gasteiger partial charge in [0.1, 0.15) is 4.21 Å². The third-order valence-electron chi connectivity index (χ3n) is 3.91. The van der Waals surface area contributed by atoms with Crippen LogP contribution in [0.25, 0.3) is 0 Å². The van der Waals surface area contributed by atoms with Crippen molar-refractivity contribution in [2.24, 2.45) is 7.05 Å². The van der Waals surface area contributed by atoms with Gasteiger partial charge in [0, 0.05) is 12.7 Å². The molecule has 0 bridgehead atoms. The van der Waals surface area contributed by atoms with Crippen molar-refractivity contribution in [3.63, 3.8) is 0 Å². The first-order valence-electron chi connectivity index (χ1n) is 8.12. The number of nitrogens with one attached hydrogen (secondary N) is 2. The van der Waals surface area contributed by atoms with Crippen LogP contribution in [0.2, 0.25) is 10.0 Å². The topological polar surface area (TPSA) is 131 Å². The van der Waals surface area contributed by atoms with Gasteiger partial charge in [0.25, 0.3) is 20.0 Å². The highest BCUT2D eigenvalue weighted by molar-refractivity contribution is 7.94. The minimum absolute atomic E-state index is 0.0168. The molecule has 2 heterocycles. The zero-order valence-corrected chi connectivity index (χ0v) is 19.9. The van der Waals surface area contributed by atoms with Gasteiger partial charge >= 0.3 is 6.15 Å². The van der Waals surface area contributed by atoms with Crippen LogP contribution in [0.15, 0.2) is 51.0 Å². The first-order chi connectivity index (χ1) is 14.4. The molecule has 0 saturated carbocycles. The monoisotopic (exact) mass is 523 g/mol.